The highest BCUT2D eigenvalue weighted by atomic mass is 16.6. The molecule has 0 aliphatic carbocycles. The number of rotatable bonds is 5. The van der Waals surface area contributed by atoms with Crippen LogP contribution >= 0.6 is 0 Å². The normalized spacial score (nSPS) is 11.7. The van der Waals surface area contributed by atoms with E-state index in [1.54, 1.807) is 31.2 Å². The van der Waals surface area contributed by atoms with Crippen molar-refractivity contribution in [3.8, 4) is 5.75 Å². The summed E-state index contributed by atoms with van der Waals surface area (Å²) in [5.74, 6) is -1.37. The zero-order chi connectivity index (χ0) is 14.4. The maximum Gasteiger partial charge on any atom is 0.415 e. The van der Waals surface area contributed by atoms with Gasteiger partial charge in [-0.25, -0.2) is 4.79 Å². The third-order valence-electron chi connectivity index (χ3n) is 2.97. The number of amides is 1. The molecule has 0 saturated heterocycles. The number of ether oxygens (including phenoxy) is 1. The van der Waals surface area contributed by atoms with Gasteiger partial charge in [0.05, 0.1) is 5.92 Å². The van der Waals surface area contributed by atoms with Gasteiger partial charge in [-0.1, -0.05) is 18.2 Å². The molecule has 0 saturated carbocycles. The van der Waals surface area contributed by atoms with Crippen LogP contribution in [0.2, 0.25) is 0 Å². The Balaban J connectivity index is 2.95. The molecule has 0 fully saturated rings. The number of para-hydroxylation sites is 1. The van der Waals surface area contributed by atoms with Gasteiger partial charge in [0.25, 0.3) is 0 Å². The van der Waals surface area contributed by atoms with E-state index in [4.69, 9.17) is 9.84 Å². The molecule has 0 heterocycles. The quantitative estimate of drug-likeness (QED) is 0.888. The summed E-state index contributed by atoms with van der Waals surface area (Å²) < 4.78 is 5.28. The minimum Gasteiger partial charge on any atom is -0.481 e. The summed E-state index contributed by atoms with van der Waals surface area (Å²) in [5.41, 5.74) is 0.496. The van der Waals surface area contributed by atoms with Crippen molar-refractivity contribution in [3.63, 3.8) is 0 Å². The number of aliphatic carboxylic acids is 1. The number of carboxylic acids is 1. The molecule has 0 bridgehead atoms. The van der Waals surface area contributed by atoms with E-state index in [0.29, 0.717) is 24.4 Å². The third-order valence-corrected chi connectivity index (χ3v) is 2.97. The molecule has 0 spiro atoms. The Hall–Kier alpha value is -2.04. The second-order valence-electron chi connectivity index (χ2n) is 4.14. The molecule has 5 nitrogen and oxygen atoms in total. The molecule has 1 unspecified atom stereocenters. The summed E-state index contributed by atoms with van der Waals surface area (Å²) in [4.78, 5) is 24.4. The standard InChI is InChI=1S/C14H19NO4/c1-4-15(5-2)14(18)19-12-9-7-6-8-11(12)10(3)13(16)17/h6-10H,4-5H2,1-3H3,(H,16,17). The molecular formula is C14H19NO4. The first-order valence-electron chi connectivity index (χ1n) is 6.29. The Morgan fingerprint density at radius 1 is 1.26 bits per heavy atom. The predicted octanol–water partition coefficient (Wildman–Crippen LogP) is 2.72. The van der Waals surface area contributed by atoms with Crippen LogP contribution in [0.15, 0.2) is 24.3 Å². The van der Waals surface area contributed by atoms with Crippen molar-refractivity contribution in [3.05, 3.63) is 29.8 Å². The zero-order valence-electron chi connectivity index (χ0n) is 11.4. The van der Waals surface area contributed by atoms with Gasteiger partial charge in [-0.05, 0) is 26.8 Å². The van der Waals surface area contributed by atoms with E-state index in [9.17, 15) is 9.59 Å². The highest BCUT2D eigenvalue weighted by molar-refractivity contribution is 5.78. The minimum atomic E-state index is -0.952. The molecule has 0 aromatic heterocycles. The second-order valence-corrected chi connectivity index (χ2v) is 4.14. The summed E-state index contributed by atoms with van der Waals surface area (Å²) in [6.45, 7) is 6.37. The Kier molecular flexibility index (Phi) is 5.36. The van der Waals surface area contributed by atoms with E-state index >= 15 is 0 Å². The molecule has 5 heteroatoms. The first-order chi connectivity index (χ1) is 9.01. The van der Waals surface area contributed by atoms with Crippen molar-refractivity contribution in [2.45, 2.75) is 26.7 Å². The van der Waals surface area contributed by atoms with Gasteiger partial charge in [-0.2, -0.15) is 0 Å². The van der Waals surface area contributed by atoms with E-state index in [-0.39, 0.29) is 0 Å². The van der Waals surface area contributed by atoms with E-state index in [1.807, 2.05) is 13.8 Å². The predicted molar refractivity (Wildman–Crippen MR) is 71.4 cm³/mol. The monoisotopic (exact) mass is 265 g/mol. The lowest BCUT2D eigenvalue weighted by molar-refractivity contribution is -0.138. The molecule has 1 aromatic rings. The maximum absolute atomic E-state index is 11.9. The molecule has 1 aromatic carbocycles. The van der Waals surface area contributed by atoms with Crippen LogP contribution in [0.25, 0.3) is 0 Å². The summed E-state index contributed by atoms with van der Waals surface area (Å²) in [6, 6.07) is 6.70. The average molecular weight is 265 g/mol. The lowest BCUT2D eigenvalue weighted by Crippen LogP contribution is -2.33. The number of benzene rings is 1. The van der Waals surface area contributed by atoms with Gasteiger partial charge in [-0.3, -0.25) is 4.79 Å². The van der Waals surface area contributed by atoms with Crippen LogP contribution in [0.4, 0.5) is 4.79 Å². The van der Waals surface area contributed by atoms with Gasteiger partial charge in [0.1, 0.15) is 5.75 Å². The van der Waals surface area contributed by atoms with E-state index < -0.39 is 18.0 Å². The summed E-state index contributed by atoms with van der Waals surface area (Å²) in [5, 5.41) is 9.04. The second kappa shape index (κ2) is 6.78. The molecule has 0 radical (unpaired) electrons. The first-order valence-corrected chi connectivity index (χ1v) is 6.29. The Bertz CT molecular complexity index is 455. The van der Waals surface area contributed by atoms with Crippen LogP contribution in [-0.4, -0.2) is 35.2 Å². The van der Waals surface area contributed by atoms with Gasteiger partial charge in [-0.15, -0.1) is 0 Å². The van der Waals surface area contributed by atoms with Crippen LogP contribution in [0.1, 0.15) is 32.3 Å². The van der Waals surface area contributed by atoms with Crippen molar-refractivity contribution < 1.29 is 19.4 Å². The van der Waals surface area contributed by atoms with Crippen molar-refractivity contribution in [1.82, 2.24) is 4.90 Å². The lowest BCUT2D eigenvalue weighted by Gasteiger charge is -2.19. The van der Waals surface area contributed by atoms with Crippen LogP contribution in [-0.2, 0) is 4.79 Å². The number of carbonyl (C=O) groups is 2. The minimum absolute atomic E-state index is 0.300. The van der Waals surface area contributed by atoms with Gasteiger partial charge in [0, 0.05) is 18.7 Å². The molecule has 0 aliphatic heterocycles. The first kappa shape index (κ1) is 15.0. The molecule has 1 rings (SSSR count). The summed E-state index contributed by atoms with van der Waals surface area (Å²) in [7, 11) is 0. The van der Waals surface area contributed by atoms with Crippen molar-refractivity contribution in [2.24, 2.45) is 0 Å². The Morgan fingerprint density at radius 2 is 1.84 bits per heavy atom. The van der Waals surface area contributed by atoms with Gasteiger partial charge in [0.2, 0.25) is 0 Å². The van der Waals surface area contributed by atoms with E-state index in [0.717, 1.165) is 0 Å². The summed E-state index contributed by atoms with van der Waals surface area (Å²) >= 11 is 0. The highest BCUT2D eigenvalue weighted by Gasteiger charge is 2.20. The average Bonchev–Trinajstić information content (AvgIpc) is 2.39. The molecular weight excluding hydrogens is 246 g/mol. The molecule has 1 amide bonds. The fourth-order valence-corrected chi connectivity index (χ4v) is 1.70. The number of carboxylic acid groups (broad SMARTS) is 1. The van der Waals surface area contributed by atoms with Gasteiger partial charge in [0.15, 0.2) is 0 Å². The topological polar surface area (TPSA) is 66.8 Å². The fourth-order valence-electron chi connectivity index (χ4n) is 1.70. The zero-order valence-corrected chi connectivity index (χ0v) is 11.4. The number of nitrogens with zero attached hydrogens (tertiary/aromatic N) is 1. The number of hydrogen-bond donors (Lipinski definition) is 1. The number of carbonyl (C=O) groups excluding carboxylic acids is 1. The largest absolute Gasteiger partial charge is 0.481 e. The smallest absolute Gasteiger partial charge is 0.415 e. The van der Waals surface area contributed by atoms with Crippen LogP contribution in [0.5, 0.6) is 5.75 Å². The number of hydrogen-bond acceptors (Lipinski definition) is 3. The highest BCUT2D eigenvalue weighted by Crippen LogP contribution is 2.27. The Morgan fingerprint density at radius 3 is 2.37 bits per heavy atom. The third kappa shape index (κ3) is 3.71. The summed E-state index contributed by atoms with van der Waals surface area (Å²) in [6.07, 6.45) is -0.463. The maximum atomic E-state index is 11.9. The molecule has 104 valence electrons. The fraction of sp³-hybridized carbons (Fsp3) is 0.429. The van der Waals surface area contributed by atoms with Gasteiger partial charge >= 0.3 is 12.1 Å². The van der Waals surface area contributed by atoms with Crippen LogP contribution < -0.4 is 4.74 Å². The van der Waals surface area contributed by atoms with Gasteiger partial charge < -0.3 is 14.7 Å². The SMILES string of the molecule is CCN(CC)C(=O)Oc1ccccc1C(C)C(=O)O. The van der Waals surface area contributed by atoms with E-state index in [2.05, 4.69) is 0 Å². The van der Waals surface area contributed by atoms with Crippen LogP contribution in [0.3, 0.4) is 0 Å². The van der Waals surface area contributed by atoms with Crippen molar-refractivity contribution in [1.29, 1.82) is 0 Å². The van der Waals surface area contributed by atoms with Crippen LogP contribution in [0, 0.1) is 0 Å². The van der Waals surface area contributed by atoms with Crippen molar-refractivity contribution >= 4 is 12.1 Å². The molecule has 1 N–H and O–H groups in total. The molecule has 0 aliphatic rings. The molecule has 1 atom stereocenters. The van der Waals surface area contributed by atoms with Crippen molar-refractivity contribution in [2.75, 3.05) is 13.1 Å². The van der Waals surface area contributed by atoms with E-state index in [1.165, 1.54) is 4.90 Å². The molecule has 19 heavy (non-hydrogen) atoms. The lowest BCUT2D eigenvalue weighted by atomic mass is 10.0. The Labute approximate surface area is 112 Å².